The number of carbonyl (C=O) groups is 1. The third-order valence-corrected chi connectivity index (χ3v) is 5.70. The van der Waals surface area contributed by atoms with Crippen molar-refractivity contribution in [1.29, 1.82) is 0 Å². The molecule has 0 spiro atoms. The quantitative estimate of drug-likeness (QED) is 0.753. The minimum Gasteiger partial charge on any atom is -0.372 e. The van der Waals surface area contributed by atoms with Crippen LogP contribution in [0.2, 0.25) is 0 Å². The Balaban J connectivity index is 1.82. The summed E-state index contributed by atoms with van der Waals surface area (Å²) in [7, 11) is -2.24. The third kappa shape index (κ3) is 3.46. The Bertz CT molecular complexity index is 886. The second-order valence-electron chi connectivity index (χ2n) is 5.97. The summed E-state index contributed by atoms with van der Waals surface area (Å²) >= 11 is 0. The lowest BCUT2D eigenvalue weighted by molar-refractivity contribution is 0.0992. The number of hydrogen-bond acceptors (Lipinski definition) is 5. The van der Waals surface area contributed by atoms with Gasteiger partial charge in [-0.1, -0.05) is 0 Å². The van der Waals surface area contributed by atoms with Gasteiger partial charge in [-0.05, 0) is 19.4 Å². The number of carbonyl (C=O) groups excluding carboxylic acids is 1. The molecule has 0 radical (unpaired) electrons. The fourth-order valence-corrected chi connectivity index (χ4v) is 4.27. The van der Waals surface area contributed by atoms with E-state index in [0.29, 0.717) is 13.0 Å². The molecular weight excluding hydrogens is 346 g/mol. The van der Waals surface area contributed by atoms with Gasteiger partial charge in [-0.3, -0.25) is 9.48 Å². The van der Waals surface area contributed by atoms with E-state index < -0.39 is 28.1 Å². The Labute approximate surface area is 145 Å². The van der Waals surface area contributed by atoms with Gasteiger partial charge in [0.1, 0.15) is 16.7 Å². The normalized spacial score (nSPS) is 20.9. The standard InChI is InChI=1S/C15H21N5O4S/c1-3-20-8-10(7-17-20)14-12(4-5-24-14)18-25(22,23)11-6-13(15(16)21)19(2)9-11/h6-9,12,14,18H,3-5H2,1-2H3,(H2,16,21)/t12-,14+/m0/s1. The first-order valence-corrected chi connectivity index (χ1v) is 9.42. The van der Waals surface area contributed by atoms with E-state index in [1.165, 1.54) is 16.8 Å². The van der Waals surface area contributed by atoms with E-state index >= 15 is 0 Å². The van der Waals surface area contributed by atoms with Crippen LogP contribution in [0, 0.1) is 0 Å². The number of hydrogen-bond donors (Lipinski definition) is 2. The van der Waals surface area contributed by atoms with Crippen molar-refractivity contribution in [3.05, 3.63) is 35.9 Å². The Morgan fingerprint density at radius 2 is 2.24 bits per heavy atom. The number of primary amides is 1. The molecule has 2 aromatic heterocycles. The average Bonchev–Trinajstić information content (AvgIpc) is 3.25. The molecule has 1 aliphatic rings. The molecule has 10 heteroatoms. The van der Waals surface area contributed by atoms with Crippen molar-refractivity contribution in [2.24, 2.45) is 12.8 Å². The first-order chi connectivity index (χ1) is 11.8. The van der Waals surface area contributed by atoms with Crippen LogP contribution in [0.15, 0.2) is 29.6 Å². The van der Waals surface area contributed by atoms with Gasteiger partial charge in [0.25, 0.3) is 5.91 Å². The zero-order valence-corrected chi connectivity index (χ0v) is 14.9. The monoisotopic (exact) mass is 367 g/mol. The van der Waals surface area contributed by atoms with Crippen LogP contribution in [0.5, 0.6) is 0 Å². The van der Waals surface area contributed by atoms with Crippen LogP contribution in [0.25, 0.3) is 0 Å². The third-order valence-electron chi connectivity index (χ3n) is 4.25. The van der Waals surface area contributed by atoms with Crippen molar-refractivity contribution in [3.8, 4) is 0 Å². The molecule has 0 unspecified atom stereocenters. The molecule has 136 valence electrons. The lowest BCUT2D eigenvalue weighted by atomic mass is 10.1. The molecule has 0 aliphatic carbocycles. The summed E-state index contributed by atoms with van der Waals surface area (Å²) in [6, 6.07) is 0.863. The molecule has 0 saturated carbocycles. The van der Waals surface area contributed by atoms with Crippen LogP contribution in [0.4, 0.5) is 0 Å². The Morgan fingerprint density at radius 3 is 2.84 bits per heavy atom. The van der Waals surface area contributed by atoms with Gasteiger partial charge >= 0.3 is 0 Å². The van der Waals surface area contributed by atoms with E-state index in [4.69, 9.17) is 10.5 Å². The van der Waals surface area contributed by atoms with E-state index in [9.17, 15) is 13.2 Å². The first-order valence-electron chi connectivity index (χ1n) is 7.94. The van der Waals surface area contributed by atoms with E-state index in [-0.39, 0.29) is 10.6 Å². The molecule has 3 N–H and O–H groups in total. The highest BCUT2D eigenvalue weighted by atomic mass is 32.2. The van der Waals surface area contributed by atoms with Crippen LogP contribution in [-0.4, -0.2) is 41.3 Å². The van der Waals surface area contributed by atoms with Crippen molar-refractivity contribution >= 4 is 15.9 Å². The predicted molar refractivity (Wildman–Crippen MR) is 89.3 cm³/mol. The number of ether oxygens (including phenoxy) is 1. The fraction of sp³-hybridized carbons (Fsp3) is 0.467. The zero-order chi connectivity index (χ0) is 18.2. The summed E-state index contributed by atoms with van der Waals surface area (Å²) < 4.78 is 36.9. The fourth-order valence-electron chi connectivity index (χ4n) is 2.93. The van der Waals surface area contributed by atoms with Crippen molar-refractivity contribution in [3.63, 3.8) is 0 Å². The lowest BCUT2D eigenvalue weighted by Crippen LogP contribution is -2.36. The summed E-state index contributed by atoms with van der Waals surface area (Å²) in [4.78, 5) is 11.3. The molecular formula is C15H21N5O4S. The minimum absolute atomic E-state index is 0.00120. The van der Waals surface area contributed by atoms with E-state index in [0.717, 1.165) is 12.1 Å². The summed E-state index contributed by atoms with van der Waals surface area (Å²) in [5, 5.41) is 4.21. The number of aromatic nitrogens is 3. The Kier molecular flexibility index (Phi) is 4.67. The molecule has 1 fully saturated rings. The maximum Gasteiger partial charge on any atom is 0.265 e. The predicted octanol–water partition coefficient (Wildman–Crippen LogP) is 0.149. The van der Waals surface area contributed by atoms with Crippen LogP contribution in [-0.2, 0) is 28.4 Å². The van der Waals surface area contributed by atoms with Crippen molar-refractivity contribution in [2.75, 3.05) is 6.61 Å². The maximum absolute atomic E-state index is 12.7. The molecule has 0 aromatic carbocycles. The van der Waals surface area contributed by atoms with Crippen LogP contribution >= 0.6 is 0 Å². The number of aryl methyl sites for hydroxylation is 2. The average molecular weight is 367 g/mol. The highest BCUT2D eigenvalue weighted by molar-refractivity contribution is 7.89. The van der Waals surface area contributed by atoms with Crippen molar-refractivity contribution < 1.29 is 17.9 Å². The molecule has 25 heavy (non-hydrogen) atoms. The van der Waals surface area contributed by atoms with Crippen molar-refractivity contribution in [2.45, 2.75) is 36.9 Å². The van der Waals surface area contributed by atoms with Gasteiger partial charge in [0.15, 0.2) is 0 Å². The number of nitrogens with two attached hydrogens (primary N) is 1. The number of rotatable bonds is 6. The van der Waals surface area contributed by atoms with Gasteiger partial charge in [0, 0.05) is 38.2 Å². The number of amides is 1. The smallest absolute Gasteiger partial charge is 0.265 e. The second-order valence-corrected chi connectivity index (χ2v) is 7.69. The van der Waals surface area contributed by atoms with Crippen LogP contribution < -0.4 is 10.5 Å². The van der Waals surface area contributed by atoms with E-state index in [1.54, 1.807) is 17.9 Å². The molecule has 2 atom stereocenters. The van der Waals surface area contributed by atoms with Crippen molar-refractivity contribution in [1.82, 2.24) is 19.1 Å². The van der Waals surface area contributed by atoms with E-state index in [1.807, 2.05) is 13.1 Å². The highest BCUT2D eigenvalue weighted by Crippen LogP contribution is 2.30. The number of nitrogens with zero attached hydrogens (tertiary/aromatic N) is 3. The van der Waals surface area contributed by atoms with Gasteiger partial charge in [-0.15, -0.1) is 0 Å². The summed E-state index contributed by atoms with van der Waals surface area (Å²) in [6.45, 7) is 3.15. The van der Waals surface area contributed by atoms with Crippen LogP contribution in [0.3, 0.4) is 0 Å². The molecule has 9 nitrogen and oxygen atoms in total. The zero-order valence-electron chi connectivity index (χ0n) is 14.0. The van der Waals surface area contributed by atoms with Gasteiger partial charge in [0.2, 0.25) is 10.0 Å². The molecule has 1 amide bonds. The van der Waals surface area contributed by atoms with Gasteiger partial charge in [-0.2, -0.15) is 5.10 Å². The molecule has 0 bridgehead atoms. The second kappa shape index (κ2) is 6.62. The summed E-state index contributed by atoms with van der Waals surface area (Å²) in [5.41, 5.74) is 6.20. The van der Waals surface area contributed by atoms with Gasteiger partial charge < -0.3 is 15.0 Å². The van der Waals surface area contributed by atoms with Crippen LogP contribution in [0.1, 0.15) is 35.5 Å². The summed E-state index contributed by atoms with van der Waals surface area (Å²) in [5.74, 6) is -0.682. The molecule has 1 saturated heterocycles. The lowest BCUT2D eigenvalue weighted by Gasteiger charge is -2.18. The number of sulfonamides is 1. The highest BCUT2D eigenvalue weighted by Gasteiger charge is 2.34. The topological polar surface area (TPSA) is 121 Å². The maximum atomic E-state index is 12.7. The molecule has 1 aliphatic heterocycles. The Hall–Kier alpha value is -2.17. The van der Waals surface area contributed by atoms with E-state index in [2.05, 4.69) is 9.82 Å². The molecule has 3 heterocycles. The summed E-state index contributed by atoms with van der Waals surface area (Å²) in [6.07, 6.45) is 5.06. The minimum atomic E-state index is -3.80. The first kappa shape index (κ1) is 17.6. The largest absolute Gasteiger partial charge is 0.372 e. The molecule has 2 aromatic rings. The Morgan fingerprint density at radius 1 is 1.48 bits per heavy atom. The van der Waals surface area contributed by atoms with Gasteiger partial charge in [0.05, 0.1) is 12.2 Å². The van der Waals surface area contributed by atoms with Gasteiger partial charge in [-0.25, -0.2) is 13.1 Å². The number of nitrogens with one attached hydrogen (secondary N) is 1. The SMILES string of the molecule is CCn1cc([C@H]2OCC[C@@H]2NS(=O)(=O)c2cc(C(N)=O)n(C)c2)cn1. The molecule has 3 rings (SSSR count).